The monoisotopic (exact) mass is 302 g/mol. The molecule has 1 saturated carbocycles. The molecule has 2 aromatic rings. The molecule has 0 bridgehead atoms. The number of rotatable bonds is 4. The number of benzene rings is 2. The fourth-order valence-corrected chi connectivity index (χ4v) is 2.51. The summed E-state index contributed by atoms with van der Waals surface area (Å²) in [7, 11) is 0. The van der Waals surface area contributed by atoms with Gasteiger partial charge in [-0.25, -0.2) is 13.6 Å². The Bertz CT molecular complexity index is 681. The number of hydrogen-bond donors (Lipinski definition) is 2. The molecular formula is C17H16F2N2O. The average Bonchev–Trinajstić information content (AvgIpc) is 3.27. The predicted octanol–water partition coefficient (Wildman–Crippen LogP) is 3.82. The van der Waals surface area contributed by atoms with Crippen molar-refractivity contribution in [2.45, 2.75) is 18.3 Å². The van der Waals surface area contributed by atoms with Crippen LogP contribution in [0.2, 0.25) is 0 Å². The lowest BCUT2D eigenvalue weighted by Crippen LogP contribution is -2.35. The maximum absolute atomic E-state index is 13.1. The first-order valence-corrected chi connectivity index (χ1v) is 7.14. The molecule has 114 valence electrons. The molecule has 0 aromatic heterocycles. The van der Waals surface area contributed by atoms with Crippen molar-refractivity contribution in [2.24, 2.45) is 0 Å². The molecule has 0 spiro atoms. The van der Waals surface area contributed by atoms with Gasteiger partial charge in [-0.05, 0) is 48.7 Å². The molecule has 3 rings (SSSR count). The first-order chi connectivity index (χ1) is 10.6. The summed E-state index contributed by atoms with van der Waals surface area (Å²) in [5, 5.41) is 5.39. The lowest BCUT2D eigenvalue weighted by Gasteiger charge is -2.17. The van der Waals surface area contributed by atoms with E-state index in [1.165, 1.54) is 30.3 Å². The van der Waals surface area contributed by atoms with Gasteiger partial charge < -0.3 is 10.6 Å². The summed E-state index contributed by atoms with van der Waals surface area (Å²) in [6.07, 6.45) is 1.91. The smallest absolute Gasteiger partial charge is 0.319 e. The van der Waals surface area contributed by atoms with Crippen molar-refractivity contribution in [3.8, 4) is 0 Å². The van der Waals surface area contributed by atoms with Crippen LogP contribution >= 0.6 is 0 Å². The van der Waals surface area contributed by atoms with Crippen molar-refractivity contribution < 1.29 is 13.6 Å². The summed E-state index contributed by atoms with van der Waals surface area (Å²) in [5.41, 5.74) is 1.33. The third kappa shape index (κ3) is 3.24. The number of nitrogens with one attached hydrogen (secondary N) is 2. The lowest BCUT2D eigenvalue weighted by molar-refractivity contribution is 0.251. The van der Waals surface area contributed by atoms with Crippen molar-refractivity contribution in [3.05, 3.63) is 65.7 Å². The van der Waals surface area contributed by atoms with Crippen molar-refractivity contribution in [2.75, 3.05) is 11.9 Å². The Balaban J connectivity index is 1.58. The third-order valence-electron chi connectivity index (χ3n) is 3.98. The zero-order valence-electron chi connectivity index (χ0n) is 11.9. The summed E-state index contributed by atoms with van der Waals surface area (Å²) in [6, 6.07) is 11.7. The molecule has 0 aliphatic heterocycles. The first kappa shape index (κ1) is 14.5. The van der Waals surface area contributed by atoms with Crippen LogP contribution in [0.15, 0.2) is 48.5 Å². The van der Waals surface area contributed by atoms with Crippen LogP contribution in [0.5, 0.6) is 0 Å². The standard InChI is InChI=1S/C17H16F2N2O/c18-13-6-4-12(5-7-13)17(8-9-17)11-20-16(22)21-15-3-1-2-14(19)10-15/h1-7,10H,8-9,11H2,(H2,20,21,22). The molecule has 1 aliphatic carbocycles. The quantitative estimate of drug-likeness (QED) is 0.885. The highest BCUT2D eigenvalue weighted by molar-refractivity contribution is 5.89. The van der Waals surface area contributed by atoms with Crippen LogP contribution in [0, 0.1) is 11.6 Å². The second-order valence-corrected chi connectivity index (χ2v) is 5.61. The molecule has 2 aromatic carbocycles. The van der Waals surface area contributed by atoms with Crippen molar-refractivity contribution in [1.29, 1.82) is 0 Å². The topological polar surface area (TPSA) is 41.1 Å². The van der Waals surface area contributed by atoms with Gasteiger partial charge in [0, 0.05) is 17.6 Å². The van der Waals surface area contributed by atoms with Crippen LogP contribution in [-0.2, 0) is 5.41 Å². The predicted molar refractivity (Wildman–Crippen MR) is 80.7 cm³/mol. The summed E-state index contributed by atoms with van der Waals surface area (Å²) in [6.45, 7) is 0.472. The highest BCUT2D eigenvalue weighted by Gasteiger charge is 2.44. The maximum atomic E-state index is 13.1. The summed E-state index contributed by atoms with van der Waals surface area (Å²) < 4.78 is 26.0. The molecule has 0 saturated heterocycles. The van der Waals surface area contributed by atoms with Crippen LogP contribution in [0.4, 0.5) is 19.3 Å². The molecule has 2 amide bonds. The second-order valence-electron chi connectivity index (χ2n) is 5.61. The molecule has 1 fully saturated rings. The molecule has 2 N–H and O–H groups in total. The molecule has 0 atom stereocenters. The van der Waals surface area contributed by atoms with Crippen molar-refractivity contribution in [3.63, 3.8) is 0 Å². The van der Waals surface area contributed by atoms with E-state index in [-0.39, 0.29) is 17.3 Å². The number of carbonyl (C=O) groups is 1. The van der Waals surface area contributed by atoms with Gasteiger partial charge >= 0.3 is 6.03 Å². The number of anilines is 1. The van der Waals surface area contributed by atoms with Gasteiger partial charge in [-0.1, -0.05) is 18.2 Å². The van der Waals surface area contributed by atoms with Crippen LogP contribution in [0.3, 0.4) is 0 Å². The number of carbonyl (C=O) groups excluding carboxylic acids is 1. The van der Waals surface area contributed by atoms with E-state index in [0.29, 0.717) is 12.2 Å². The highest BCUT2D eigenvalue weighted by atomic mass is 19.1. The van der Waals surface area contributed by atoms with E-state index < -0.39 is 5.82 Å². The first-order valence-electron chi connectivity index (χ1n) is 7.14. The number of hydrogen-bond acceptors (Lipinski definition) is 1. The van der Waals surface area contributed by atoms with Crippen molar-refractivity contribution >= 4 is 11.7 Å². The fourth-order valence-electron chi connectivity index (χ4n) is 2.51. The molecule has 3 nitrogen and oxygen atoms in total. The van der Waals surface area contributed by atoms with Crippen LogP contribution < -0.4 is 10.6 Å². The number of amides is 2. The van der Waals surface area contributed by atoms with Gasteiger partial charge in [0.2, 0.25) is 0 Å². The SMILES string of the molecule is O=C(NCC1(c2ccc(F)cc2)CC1)Nc1cccc(F)c1. The minimum Gasteiger partial charge on any atom is -0.337 e. The minimum absolute atomic E-state index is 0.104. The van der Waals surface area contributed by atoms with Gasteiger partial charge in [-0.3, -0.25) is 0 Å². The molecule has 1 aliphatic rings. The molecule has 0 heterocycles. The van der Waals surface area contributed by atoms with Crippen molar-refractivity contribution in [1.82, 2.24) is 5.32 Å². The van der Waals surface area contributed by atoms with E-state index in [2.05, 4.69) is 10.6 Å². The Hall–Kier alpha value is -2.43. The van der Waals surface area contributed by atoms with E-state index in [4.69, 9.17) is 0 Å². The zero-order valence-corrected chi connectivity index (χ0v) is 11.9. The van der Waals surface area contributed by atoms with Crippen LogP contribution in [0.1, 0.15) is 18.4 Å². The Kier molecular flexibility index (Phi) is 3.79. The Morgan fingerprint density at radius 2 is 1.77 bits per heavy atom. The molecule has 5 heteroatoms. The Morgan fingerprint density at radius 1 is 1.05 bits per heavy atom. The van der Waals surface area contributed by atoms with E-state index in [0.717, 1.165) is 18.4 Å². The van der Waals surface area contributed by atoms with Gasteiger partial charge in [0.25, 0.3) is 0 Å². The van der Waals surface area contributed by atoms with Gasteiger partial charge in [0.05, 0.1) is 0 Å². The summed E-state index contributed by atoms with van der Waals surface area (Å²) in [5.74, 6) is -0.667. The van der Waals surface area contributed by atoms with Crippen LogP contribution in [0.25, 0.3) is 0 Å². The Morgan fingerprint density at radius 3 is 2.41 bits per heavy atom. The number of halogens is 2. The minimum atomic E-state index is -0.400. The molecule has 22 heavy (non-hydrogen) atoms. The normalized spacial score (nSPS) is 15.2. The second kappa shape index (κ2) is 5.75. The van der Waals surface area contributed by atoms with Crippen LogP contribution in [-0.4, -0.2) is 12.6 Å². The zero-order chi connectivity index (χ0) is 15.6. The molecule has 0 unspecified atom stereocenters. The lowest BCUT2D eigenvalue weighted by atomic mass is 9.96. The molecule has 0 radical (unpaired) electrons. The fraction of sp³-hybridized carbons (Fsp3) is 0.235. The largest absolute Gasteiger partial charge is 0.337 e. The van der Waals surface area contributed by atoms with E-state index >= 15 is 0 Å². The van der Waals surface area contributed by atoms with E-state index in [1.807, 2.05) is 0 Å². The maximum Gasteiger partial charge on any atom is 0.319 e. The molecular weight excluding hydrogens is 286 g/mol. The van der Waals surface area contributed by atoms with E-state index in [1.54, 1.807) is 18.2 Å². The van der Waals surface area contributed by atoms with Gasteiger partial charge in [0.1, 0.15) is 11.6 Å². The Labute approximate surface area is 127 Å². The number of urea groups is 1. The van der Waals surface area contributed by atoms with Gasteiger partial charge in [0.15, 0.2) is 0 Å². The third-order valence-corrected chi connectivity index (χ3v) is 3.98. The van der Waals surface area contributed by atoms with Gasteiger partial charge in [-0.2, -0.15) is 0 Å². The summed E-state index contributed by atoms with van der Waals surface area (Å²) >= 11 is 0. The highest BCUT2D eigenvalue weighted by Crippen LogP contribution is 2.47. The summed E-state index contributed by atoms with van der Waals surface area (Å²) in [4.78, 5) is 11.9. The van der Waals surface area contributed by atoms with Gasteiger partial charge in [-0.15, -0.1) is 0 Å². The van der Waals surface area contributed by atoms with E-state index in [9.17, 15) is 13.6 Å². The average molecular weight is 302 g/mol.